The summed E-state index contributed by atoms with van der Waals surface area (Å²) in [5, 5.41) is 2.84. The van der Waals surface area contributed by atoms with E-state index in [1.807, 2.05) is 31.2 Å². The normalized spacial score (nSPS) is 19.8. The van der Waals surface area contributed by atoms with Crippen molar-refractivity contribution < 1.29 is 23.5 Å². The Morgan fingerprint density at radius 2 is 2.17 bits per heavy atom. The zero-order chi connectivity index (χ0) is 17.3. The van der Waals surface area contributed by atoms with Crippen LogP contribution in [0.4, 0.5) is 4.39 Å². The second-order valence-corrected chi connectivity index (χ2v) is 5.60. The van der Waals surface area contributed by atoms with E-state index in [-0.39, 0.29) is 17.9 Å². The van der Waals surface area contributed by atoms with E-state index >= 15 is 0 Å². The second kappa shape index (κ2) is 6.47. The highest BCUT2D eigenvalue weighted by atomic mass is 19.1. The predicted octanol–water partition coefficient (Wildman–Crippen LogP) is 2.14. The number of methoxy groups -OCH3 is 1. The summed E-state index contributed by atoms with van der Waals surface area (Å²) in [5.41, 5.74) is 2.88. The zero-order valence-electron chi connectivity index (χ0n) is 13.5. The van der Waals surface area contributed by atoms with E-state index in [1.165, 1.54) is 7.11 Å². The van der Waals surface area contributed by atoms with Crippen LogP contribution in [0.2, 0.25) is 0 Å². The Hall–Kier alpha value is -2.63. The van der Waals surface area contributed by atoms with E-state index < -0.39 is 24.5 Å². The Balaban J connectivity index is 2.25. The van der Waals surface area contributed by atoms with Gasteiger partial charge in [-0.3, -0.25) is 0 Å². The summed E-state index contributed by atoms with van der Waals surface area (Å²) in [7, 11) is 1.24. The topological polar surface area (TPSA) is 64.6 Å². The highest BCUT2D eigenvalue weighted by molar-refractivity contribution is 6.01. The smallest absolute Gasteiger partial charge is 0.337 e. The molecule has 0 bridgehead atoms. The van der Waals surface area contributed by atoms with E-state index in [0.29, 0.717) is 11.3 Å². The van der Waals surface area contributed by atoms with Gasteiger partial charge in [-0.15, -0.1) is 0 Å². The minimum Gasteiger partial charge on any atom is -0.466 e. The van der Waals surface area contributed by atoms with Crippen LogP contribution in [0, 0.1) is 0 Å². The van der Waals surface area contributed by atoms with Crippen molar-refractivity contribution >= 4 is 11.9 Å². The lowest BCUT2D eigenvalue weighted by Crippen LogP contribution is -2.32. The van der Waals surface area contributed by atoms with Crippen LogP contribution in [0.25, 0.3) is 0 Å². The van der Waals surface area contributed by atoms with Gasteiger partial charge in [0.2, 0.25) is 0 Å². The Labute approximate surface area is 139 Å². The largest absolute Gasteiger partial charge is 0.466 e. The molecule has 6 heteroatoms. The van der Waals surface area contributed by atoms with Gasteiger partial charge in [0.05, 0.1) is 35.6 Å². The highest BCUT2D eigenvalue weighted by Gasteiger charge is 2.43. The number of esters is 2. The molecule has 1 aromatic carbocycles. The number of benzene rings is 1. The number of nitrogens with one attached hydrogen (secondary N) is 1. The minimum atomic E-state index is -0.861. The fourth-order valence-electron chi connectivity index (χ4n) is 3.29. The summed E-state index contributed by atoms with van der Waals surface area (Å²) >= 11 is 0. The number of cyclic esters (lactones) is 1. The molecule has 0 aliphatic carbocycles. The van der Waals surface area contributed by atoms with Crippen LogP contribution >= 0.6 is 0 Å². The average molecular weight is 331 g/mol. The van der Waals surface area contributed by atoms with Crippen LogP contribution in [0.1, 0.15) is 24.0 Å². The molecule has 2 heterocycles. The van der Waals surface area contributed by atoms with Crippen LogP contribution in [-0.2, 0) is 25.5 Å². The molecule has 0 amide bonds. The fourth-order valence-corrected chi connectivity index (χ4v) is 3.29. The quantitative estimate of drug-likeness (QED) is 0.857. The molecule has 2 aliphatic heterocycles. The number of dihydropyridines is 1. The number of halogens is 1. The molecule has 0 radical (unpaired) electrons. The minimum absolute atomic E-state index is 0.0525. The van der Waals surface area contributed by atoms with Gasteiger partial charge in [-0.05, 0) is 17.5 Å². The first-order valence-electron chi connectivity index (χ1n) is 7.74. The van der Waals surface area contributed by atoms with Crippen molar-refractivity contribution in [2.75, 3.05) is 20.4 Å². The van der Waals surface area contributed by atoms with E-state index in [1.54, 1.807) is 0 Å². The van der Waals surface area contributed by atoms with Crippen molar-refractivity contribution in [2.24, 2.45) is 0 Å². The third-order valence-corrected chi connectivity index (χ3v) is 4.38. The van der Waals surface area contributed by atoms with Crippen LogP contribution in [0.3, 0.4) is 0 Å². The summed E-state index contributed by atoms with van der Waals surface area (Å²) in [6.45, 7) is 1.18. The van der Waals surface area contributed by atoms with Crippen molar-refractivity contribution in [1.29, 1.82) is 0 Å². The molecule has 1 N–H and O–H groups in total. The molecule has 0 spiro atoms. The summed E-state index contributed by atoms with van der Waals surface area (Å²) < 4.78 is 23.5. The third kappa shape index (κ3) is 2.48. The molecule has 0 saturated carbocycles. The molecule has 0 fully saturated rings. The van der Waals surface area contributed by atoms with Crippen molar-refractivity contribution in [3.05, 3.63) is 57.9 Å². The maximum atomic E-state index is 13.6. The fraction of sp³-hybridized carbons (Fsp3) is 0.333. The van der Waals surface area contributed by atoms with Gasteiger partial charge in [0, 0.05) is 0 Å². The summed E-state index contributed by atoms with van der Waals surface area (Å²) in [4.78, 5) is 24.6. The zero-order valence-corrected chi connectivity index (χ0v) is 13.5. The number of hydrogen-bond donors (Lipinski definition) is 1. The van der Waals surface area contributed by atoms with E-state index in [2.05, 4.69) is 5.32 Å². The standard InChI is InChI=1S/C18H18FNO4/c1-3-10-6-4-5-7-11(10)14-15(17(21)23-2)12(8-19)20-13-9-24-18(22)16(13)14/h4-7,14,20H,3,8-9H2,1-2H3/t14-/m0/s1. The monoisotopic (exact) mass is 331 g/mol. The van der Waals surface area contributed by atoms with Crippen molar-refractivity contribution in [1.82, 2.24) is 5.32 Å². The molecule has 1 atom stereocenters. The van der Waals surface area contributed by atoms with E-state index in [4.69, 9.17) is 9.47 Å². The Morgan fingerprint density at radius 1 is 1.42 bits per heavy atom. The molecule has 0 aromatic heterocycles. The molecule has 1 aromatic rings. The summed E-state index contributed by atoms with van der Waals surface area (Å²) in [5.74, 6) is -1.84. The van der Waals surface area contributed by atoms with Crippen LogP contribution in [0.15, 0.2) is 46.8 Å². The highest BCUT2D eigenvalue weighted by Crippen LogP contribution is 2.42. The van der Waals surface area contributed by atoms with Gasteiger partial charge in [-0.1, -0.05) is 31.2 Å². The van der Waals surface area contributed by atoms with Crippen LogP contribution < -0.4 is 5.32 Å². The molecule has 24 heavy (non-hydrogen) atoms. The SMILES string of the molecule is CCc1ccccc1[C@H]1C(C(=O)OC)=C(CF)NC2=C1C(=O)OC2. The number of allylic oxidation sites excluding steroid dienone is 1. The number of alkyl halides is 1. The van der Waals surface area contributed by atoms with Gasteiger partial charge in [-0.2, -0.15) is 0 Å². The summed E-state index contributed by atoms with van der Waals surface area (Å²) in [6.07, 6.45) is 0.719. The maximum absolute atomic E-state index is 13.6. The first kappa shape index (κ1) is 16.2. The van der Waals surface area contributed by atoms with Gasteiger partial charge < -0.3 is 14.8 Å². The Kier molecular flexibility index (Phi) is 4.38. The molecule has 0 unspecified atom stereocenters. The third-order valence-electron chi connectivity index (χ3n) is 4.38. The Morgan fingerprint density at radius 3 is 2.83 bits per heavy atom. The Bertz CT molecular complexity index is 766. The molecular weight excluding hydrogens is 313 g/mol. The predicted molar refractivity (Wildman–Crippen MR) is 84.7 cm³/mol. The lowest BCUT2D eigenvalue weighted by molar-refractivity contribution is -0.136. The first-order chi connectivity index (χ1) is 11.6. The van der Waals surface area contributed by atoms with Gasteiger partial charge >= 0.3 is 11.9 Å². The summed E-state index contributed by atoms with van der Waals surface area (Å²) in [6, 6.07) is 7.51. The lowest BCUT2D eigenvalue weighted by atomic mass is 9.78. The molecule has 5 nitrogen and oxygen atoms in total. The molecule has 3 rings (SSSR count). The maximum Gasteiger partial charge on any atom is 0.337 e. The number of ether oxygens (including phenoxy) is 2. The van der Waals surface area contributed by atoms with E-state index in [0.717, 1.165) is 17.5 Å². The van der Waals surface area contributed by atoms with Crippen molar-refractivity contribution in [2.45, 2.75) is 19.3 Å². The van der Waals surface area contributed by atoms with Crippen LogP contribution in [0.5, 0.6) is 0 Å². The molecular formula is C18H18FNO4. The average Bonchev–Trinajstić information content (AvgIpc) is 3.00. The van der Waals surface area contributed by atoms with E-state index in [9.17, 15) is 14.0 Å². The number of carbonyl (C=O) groups excluding carboxylic acids is 2. The van der Waals surface area contributed by atoms with Gasteiger partial charge in [-0.25, -0.2) is 14.0 Å². The van der Waals surface area contributed by atoms with Gasteiger partial charge in [0.1, 0.15) is 13.3 Å². The number of carbonyl (C=O) groups is 2. The lowest BCUT2D eigenvalue weighted by Gasteiger charge is -2.28. The van der Waals surface area contributed by atoms with Gasteiger partial charge in [0.25, 0.3) is 0 Å². The molecule has 0 saturated heterocycles. The number of aryl methyl sites for hydroxylation is 1. The molecule has 126 valence electrons. The number of hydrogen-bond acceptors (Lipinski definition) is 5. The molecule has 2 aliphatic rings. The van der Waals surface area contributed by atoms with Crippen molar-refractivity contribution in [3.8, 4) is 0 Å². The van der Waals surface area contributed by atoms with Crippen molar-refractivity contribution in [3.63, 3.8) is 0 Å². The first-order valence-corrected chi connectivity index (χ1v) is 7.74. The van der Waals surface area contributed by atoms with Gasteiger partial charge in [0.15, 0.2) is 0 Å². The van der Waals surface area contributed by atoms with Crippen LogP contribution in [-0.4, -0.2) is 32.3 Å². The second-order valence-electron chi connectivity index (χ2n) is 5.60. The number of rotatable bonds is 4.